The van der Waals surface area contributed by atoms with Crippen molar-refractivity contribution >= 4 is 17.5 Å². The summed E-state index contributed by atoms with van der Waals surface area (Å²) < 4.78 is 14.0. The van der Waals surface area contributed by atoms with Crippen LogP contribution >= 0.6 is 0 Å². The van der Waals surface area contributed by atoms with Gasteiger partial charge in [0.2, 0.25) is 5.95 Å². The second-order valence-electron chi connectivity index (χ2n) is 6.16. The fourth-order valence-electron chi connectivity index (χ4n) is 2.44. The zero-order chi connectivity index (χ0) is 18.4. The molecule has 0 aliphatic carbocycles. The Kier molecular flexibility index (Phi) is 5.76. The molecule has 26 heavy (non-hydrogen) atoms. The van der Waals surface area contributed by atoms with Crippen molar-refractivity contribution in [1.82, 2.24) is 14.9 Å². The normalized spacial score (nSPS) is 10.8. The van der Waals surface area contributed by atoms with Gasteiger partial charge in [-0.3, -0.25) is 0 Å². The molecule has 0 saturated carbocycles. The smallest absolute Gasteiger partial charge is 0.229 e. The van der Waals surface area contributed by atoms with E-state index in [2.05, 4.69) is 25.5 Å². The number of rotatable bonds is 7. The van der Waals surface area contributed by atoms with Gasteiger partial charge in [-0.25, -0.2) is 9.37 Å². The number of likely N-dealkylation sites (N-methyl/N-ethyl adjacent to an activating group) is 1. The third-order valence-corrected chi connectivity index (χ3v) is 3.78. The highest BCUT2D eigenvalue weighted by atomic mass is 19.1. The van der Waals surface area contributed by atoms with Crippen molar-refractivity contribution in [2.45, 2.75) is 0 Å². The van der Waals surface area contributed by atoms with E-state index in [0.717, 1.165) is 24.3 Å². The summed E-state index contributed by atoms with van der Waals surface area (Å²) in [4.78, 5) is 11.1. The van der Waals surface area contributed by atoms with Crippen LogP contribution in [0.5, 0.6) is 0 Å². The van der Waals surface area contributed by atoms with E-state index >= 15 is 0 Å². The average molecular weight is 351 g/mol. The van der Waals surface area contributed by atoms with Crippen molar-refractivity contribution in [1.29, 1.82) is 0 Å². The molecule has 0 aliphatic rings. The van der Waals surface area contributed by atoms with E-state index in [1.807, 2.05) is 50.5 Å². The third kappa shape index (κ3) is 4.77. The van der Waals surface area contributed by atoms with E-state index in [-0.39, 0.29) is 5.82 Å². The predicted molar refractivity (Wildman–Crippen MR) is 104 cm³/mol. The zero-order valence-corrected chi connectivity index (χ0v) is 14.9. The van der Waals surface area contributed by atoms with Crippen LogP contribution < -0.4 is 10.6 Å². The first kappa shape index (κ1) is 17.8. The van der Waals surface area contributed by atoms with Crippen LogP contribution in [0, 0.1) is 5.82 Å². The van der Waals surface area contributed by atoms with Gasteiger partial charge in [-0.1, -0.05) is 42.5 Å². The Labute approximate surface area is 152 Å². The first-order chi connectivity index (χ1) is 12.6. The van der Waals surface area contributed by atoms with Crippen LogP contribution in [-0.2, 0) is 0 Å². The Balaban J connectivity index is 1.90. The van der Waals surface area contributed by atoms with E-state index < -0.39 is 0 Å². The van der Waals surface area contributed by atoms with Gasteiger partial charge in [0.1, 0.15) is 11.6 Å². The standard InChI is InChI=1S/C20H22FN5/c1-26(2)13-12-22-19-14-18(15-8-4-3-5-9-15)24-20(25-19)23-17-11-7-6-10-16(17)21/h3-11,14H,12-13H2,1-2H3,(H2,22,23,24,25). The molecule has 0 saturated heterocycles. The maximum absolute atomic E-state index is 14.0. The van der Waals surface area contributed by atoms with Crippen molar-refractivity contribution in [3.8, 4) is 11.3 Å². The van der Waals surface area contributed by atoms with Gasteiger partial charge in [-0.05, 0) is 26.2 Å². The Hall–Kier alpha value is -2.99. The summed E-state index contributed by atoms with van der Waals surface area (Å²) in [5.74, 6) is 0.701. The van der Waals surface area contributed by atoms with Gasteiger partial charge >= 0.3 is 0 Å². The van der Waals surface area contributed by atoms with E-state index in [4.69, 9.17) is 0 Å². The van der Waals surface area contributed by atoms with Crippen LogP contribution in [0.1, 0.15) is 0 Å². The van der Waals surface area contributed by atoms with Gasteiger partial charge in [-0.2, -0.15) is 4.98 Å². The number of benzene rings is 2. The van der Waals surface area contributed by atoms with Crippen molar-refractivity contribution < 1.29 is 4.39 Å². The molecule has 134 valence electrons. The van der Waals surface area contributed by atoms with E-state index in [1.54, 1.807) is 18.2 Å². The lowest BCUT2D eigenvalue weighted by atomic mass is 10.1. The lowest BCUT2D eigenvalue weighted by Gasteiger charge is -2.13. The number of hydrogen-bond acceptors (Lipinski definition) is 5. The van der Waals surface area contributed by atoms with Gasteiger partial charge in [0.25, 0.3) is 0 Å². The molecule has 1 heterocycles. The highest BCUT2D eigenvalue weighted by Gasteiger charge is 2.09. The van der Waals surface area contributed by atoms with Crippen LogP contribution in [0.15, 0.2) is 60.7 Å². The summed E-state index contributed by atoms with van der Waals surface area (Å²) in [6.45, 7) is 1.62. The lowest BCUT2D eigenvalue weighted by Crippen LogP contribution is -2.21. The molecule has 0 amide bonds. The van der Waals surface area contributed by atoms with E-state index in [9.17, 15) is 4.39 Å². The molecule has 0 fully saturated rings. The largest absolute Gasteiger partial charge is 0.369 e. The van der Waals surface area contributed by atoms with Crippen LogP contribution in [-0.4, -0.2) is 42.1 Å². The van der Waals surface area contributed by atoms with Gasteiger partial charge in [0, 0.05) is 24.7 Å². The number of nitrogens with zero attached hydrogens (tertiary/aromatic N) is 3. The molecule has 3 rings (SSSR count). The summed E-state index contributed by atoms with van der Waals surface area (Å²) in [5.41, 5.74) is 2.09. The predicted octanol–water partition coefficient (Wildman–Crippen LogP) is 4.00. The highest BCUT2D eigenvalue weighted by molar-refractivity contribution is 5.66. The molecule has 0 radical (unpaired) electrons. The minimum atomic E-state index is -0.344. The number of aromatic nitrogens is 2. The van der Waals surface area contributed by atoms with Crippen molar-refractivity contribution in [2.75, 3.05) is 37.8 Å². The fraction of sp³-hybridized carbons (Fsp3) is 0.200. The van der Waals surface area contributed by atoms with Crippen molar-refractivity contribution in [2.24, 2.45) is 0 Å². The van der Waals surface area contributed by atoms with Crippen LogP contribution in [0.4, 0.5) is 21.8 Å². The molecule has 0 aliphatic heterocycles. The zero-order valence-electron chi connectivity index (χ0n) is 14.9. The molecule has 0 atom stereocenters. The minimum Gasteiger partial charge on any atom is -0.369 e. The summed E-state index contributed by atoms with van der Waals surface area (Å²) in [6.07, 6.45) is 0. The molecule has 2 aromatic carbocycles. The molecule has 0 unspecified atom stereocenters. The number of para-hydroxylation sites is 1. The maximum Gasteiger partial charge on any atom is 0.229 e. The van der Waals surface area contributed by atoms with Gasteiger partial charge in [0.15, 0.2) is 0 Å². The molecule has 5 nitrogen and oxygen atoms in total. The molecule has 2 N–H and O–H groups in total. The fourth-order valence-corrected chi connectivity index (χ4v) is 2.44. The van der Waals surface area contributed by atoms with Crippen molar-refractivity contribution in [3.63, 3.8) is 0 Å². The summed E-state index contributed by atoms with van der Waals surface area (Å²) in [6, 6.07) is 18.2. The Bertz CT molecular complexity index is 852. The Morgan fingerprint density at radius 1 is 0.962 bits per heavy atom. The van der Waals surface area contributed by atoms with Crippen molar-refractivity contribution in [3.05, 3.63) is 66.5 Å². The molecule has 1 aromatic heterocycles. The maximum atomic E-state index is 14.0. The highest BCUT2D eigenvalue weighted by Crippen LogP contribution is 2.24. The van der Waals surface area contributed by atoms with Gasteiger partial charge in [-0.15, -0.1) is 0 Å². The SMILES string of the molecule is CN(C)CCNc1cc(-c2ccccc2)nc(Nc2ccccc2F)n1. The van der Waals surface area contributed by atoms with Crippen LogP contribution in [0.2, 0.25) is 0 Å². The molecule has 3 aromatic rings. The minimum absolute atomic E-state index is 0.344. The quantitative estimate of drug-likeness (QED) is 0.674. The first-order valence-corrected chi connectivity index (χ1v) is 8.46. The van der Waals surface area contributed by atoms with Gasteiger partial charge < -0.3 is 15.5 Å². The molecular formula is C20H22FN5. The average Bonchev–Trinajstić information content (AvgIpc) is 2.64. The van der Waals surface area contributed by atoms with E-state index in [0.29, 0.717) is 17.5 Å². The summed E-state index contributed by atoms with van der Waals surface area (Å²) in [5, 5.41) is 6.27. The second kappa shape index (κ2) is 8.40. The number of hydrogen-bond donors (Lipinski definition) is 2. The monoisotopic (exact) mass is 351 g/mol. The second-order valence-corrected chi connectivity index (χ2v) is 6.16. The number of nitrogens with one attached hydrogen (secondary N) is 2. The molecular weight excluding hydrogens is 329 g/mol. The number of anilines is 3. The van der Waals surface area contributed by atoms with Gasteiger partial charge in [0.05, 0.1) is 11.4 Å². The van der Waals surface area contributed by atoms with Crippen LogP contribution in [0.25, 0.3) is 11.3 Å². The molecule has 0 spiro atoms. The van der Waals surface area contributed by atoms with E-state index in [1.165, 1.54) is 6.07 Å². The summed E-state index contributed by atoms with van der Waals surface area (Å²) >= 11 is 0. The topological polar surface area (TPSA) is 53.1 Å². The Morgan fingerprint density at radius 2 is 1.69 bits per heavy atom. The third-order valence-electron chi connectivity index (χ3n) is 3.78. The molecule has 6 heteroatoms. The number of halogens is 1. The summed E-state index contributed by atoms with van der Waals surface area (Å²) in [7, 11) is 4.03. The lowest BCUT2D eigenvalue weighted by molar-refractivity contribution is 0.425. The molecule has 0 bridgehead atoms. The van der Waals surface area contributed by atoms with Crippen LogP contribution in [0.3, 0.4) is 0 Å². The Morgan fingerprint density at radius 3 is 2.42 bits per heavy atom. The first-order valence-electron chi connectivity index (χ1n) is 8.46.